The number of aliphatic hydroxyl groups excluding tert-OH is 1. The van der Waals surface area contributed by atoms with Crippen LogP contribution < -0.4 is 0 Å². The highest BCUT2D eigenvalue weighted by atomic mass is 16.3. The van der Waals surface area contributed by atoms with Crippen molar-refractivity contribution in [1.82, 2.24) is 4.90 Å². The van der Waals surface area contributed by atoms with Crippen molar-refractivity contribution in [1.29, 1.82) is 0 Å². The van der Waals surface area contributed by atoms with Gasteiger partial charge in [0.05, 0.1) is 6.61 Å². The smallest absolute Gasteiger partial charge is 0.134 e. The SMILES string of the molecule is O=C1CCCC(N2CCC(O)(CO)C2)C1. The molecule has 0 radical (unpaired) electrons. The Balaban J connectivity index is 1.92. The molecule has 2 unspecified atom stereocenters. The Kier molecular flexibility index (Phi) is 3.09. The molecule has 1 heterocycles. The minimum Gasteiger partial charge on any atom is -0.393 e. The molecule has 2 N–H and O–H groups in total. The van der Waals surface area contributed by atoms with Crippen LogP contribution in [0.1, 0.15) is 32.1 Å². The molecule has 0 aromatic carbocycles. The van der Waals surface area contributed by atoms with E-state index in [1.54, 1.807) is 0 Å². The standard InChI is InChI=1S/C11H19NO3/c13-8-11(15)4-5-12(7-11)9-2-1-3-10(14)6-9/h9,13,15H,1-8H2. The molecular weight excluding hydrogens is 194 g/mol. The fourth-order valence-corrected chi connectivity index (χ4v) is 2.64. The summed E-state index contributed by atoms with van der Waals surface area (Å²) in [5, 5.41) is 18.9. The van der Waals surface area contributed by atoms with Crippen LogP contribution in [0.15, 0.2) is 0 Å². The Morgan fingerprint density at radius 1 is 1.53 bits per heavy atom. The van der Waals surface area contributed by atoms with E-state index >= 15 is 0 Å². The molecular formula is C11H19NO3. The van der Waals surface area contributed by atoms with E-state index in [2.05, 4.69) is 4.90 Å². The molecule has 1 saturated carbocycles. The van der Waals surface area contributed by atoms with E-state index in [1.807, 2.05) is 0 Å². The van der Waals surface area contributed by atoms with Gasteiger partial charge in [0.1, 0.15) is 11.4 Å². The van der Waals surface area contributed by atoms with Crippen LogP contribution in [0.3, 0.4) is 0 Å². The number of Topliss-reactive ketones (excluding diaryl/α,β-unsaturated/α-hetero) is 1. The quantitative estimate of drug-likeness (QED) is 0.674. The first-order valence-electron chi connectivity index (χ1n) is 5.72. The van der Waals surface area contributed by atoms with Crippen molar-refractivity contribution in [2.75, 3.05) is 19.7 Å². The third-order valence-corrected chi connectivity index (χ3v) is 3.63. The third-order valence-electron chi connectivity index (χ3n) is 3.63. The van der Waals surface area contributed by atoms with Gasteiger partial charge in [0.2, 0.25) is 0 Å². The molecule has 0 aromatic heterocycles. The van der Waals surface area contributed by atoms with E-state index in [0.29, 0.717) is 37.6 Å². The first kappa shape index (κ1) is 11.0. The second-order valence-corrected chi connectivity index (χ2v) is 4.89. The summed E-state index contributed by atoms with van der Waals surface area (Å²) >= 11 is 0. The summed E-state index contributed by atoms with van der Waals surface area (Å²) in [6.07, 6.45) is 3.98. The lowest BCUT2D eigenvalue weighted by Gasteiger charge is -2.31. The third kappa shape index (κ3) is 2.38. The molecule has 2 fully saturated rings. The number of ketones is 1. The molecule has 0 aromatic rings. The van der Waals surface area contributed by atoms with E-state index in [1.165, 1.54) is 0 Å². The molecule has 1 saturated heterocycles. The summed E-state index contributed by atoms with van der Waals surface area (Å²) in [6, 6.07) is 0.298. The second-order valence-electron chi connectivity index (χ2n) is 4.89. The van der Waals surface area contributed by atoms with Crippen LogP contribution in [0.4, 0.5) is 0 Å². The summed E-state index contributed by atoms with van der Waals surface area (Å²) in [5.74, 6) is 0.339. The fraction of sp³-hybridized carbons (Fsp3) is 0.909. The van der Waals surface area contributed by atoms with Crippen molar-refractivity contribution in [3.63, 3.8) is 0 Å². The highest BCUT2D eigenvalue weighted by molar-refractivity contribution is 5.79. The summed E-state index contributed by atoms with van der Waals surface area (Å²) in [4.78, 5) is 13.5. The lowest BCUT2D eigenvalue weighted by atomic mass is 9.93. The van der Waals surface area contributed by atoms with Gasteiger partial charge in [0.25, 0.3) is 0 Å². The molecule has 1 aliphatic heterocycles. The van der Waals surface area contributed by atoms with Gasteiger partial charge in [0, 0.05) is 32.0 Å². The highest BCUT2D eigenvalue weighted by Crippen LogP contribution is 2.28. The number of hydrogen-bond acceptors (Lipinski definition) is 4. The maximum atomic E-state index is 11.3. The summed E-state index contributed by atoms with van der Waals surface area (Å²) in [7, 11) is 0. The van der Waals surface area contributed by atoms with Crippen LogP contribution >= 0.6 is 0 Å². The van der Waals surface area contributed by atoms with Gasteiger partial charge >= 0.3 is 0 Å². The van der Waals surface area contributed by atoms with Crippen molar-refractivity contribution in [2.45, 2.75) is 43.7 Å². The van der Waals surface area contributed by atoms with Gasteiger partial charge < -0.3 is 10.2 Å². The zero-order valence-corrected chi connectivity index (χ0v) is 8.98. The van der Waals surface area contributed by atoms with E-state index in [4.69, 9.17) is 5.11 Å². The Morgan fingerprint density at radius 3 is 2.93 bits per heavy atom. The molecule has 2 aliphatic rings. The van der Waals surface area contributed by atoms with Crippen LogP contribution in [-0.4, -0.2) is 52.2 Å². The highest BCUT2D eigenvalue weighted by Gasteiger charge is 2.39. The summed E-state index contributed by atoms with van der Waals surface area (Å²) in [6.45, 7) is 1.14. The van der Waals surface area contributed by atoms with E-state index in [9.17, 15) is 9.90 Å². The van der Waals surface area contributed by atoms with Gasteiger partial charge in [-0.25, -0.2) is 0 Å². The van der Waals surface area contributed by atoms with Gasteiger partial charge in [-0.15, -0.1) is 0 Å². The molecule has 2 rings (SSSR count). The normalized spacial score (nSPS) is 38.5. The molecule has 2 atom stereocenters. The minimum absolute atomic E-state index is 0.176. The van der Waals surface area contributed by atoms with Gasteiger partial charge in [-0.2, -0.15) is 0 Å². The Hall–Kier alpha value is -0.450. The topological polar surface area (TPSA) is 60.8 Å². The first-order valence-corrected chi connectivity index (χ1v) is 5.72. The molecule has 4 heteroatoms. The van der Waals surface area contributed by atoms with Crippen molar-refractivity contribution < 1.29 is 15.0 Å². The fourth-order valence-electron chi connectivity index (χ4n) is 2.64. The van der Waals surface area contributed by atoms with Gasteiger partial charge in [-0.05, 0) is 19.3 Å². The van der Waals surface area contributed by atoms with Crippen molar-refractivity contribution in [3.05, 3.63) is 0 Å². The van der Waals surface area contributed by atoms with Crippen molar-refractivity contribution in [3.8, 4) is 0 Å². The Bertz CT molecular complexity index is 256. The summed E-state index contributed by atoms with van der Waals surface area (Å²) < 4.78 is 0. The van der Waals surface area contributed by atoms with Crippen LogP contribution in [0.2, 0.25) is 0 Å². The van der Waals surface area contributed by atoms with E-state index in [-0.39, 0.29) is 6.61 Å². The lowest BCUT2D eigenvalue weighted by molar-refractivity contribution is -0.122. The maximum Gasteiger partial charge on any atom is 0.134 e. The zero-order valence-electron chi connectivity index (χ0n) is 8.98. The van der Waals surface area contributed by atoms with E-state index < -0.39 is 5.60 Å². The Labute approximate surface area is 89.9 Å². The van der Waals surface area contributed by atoms with Crippen LogP contribution in [0, 0.1) is 0 Å². The number of likely N-dealkylation sites (tertiary alicyclic amines) is 1. The second kappa shape index (κ2) is 4.20. The number of nitrogens with zero attached hydrogens (tertiary/aromatic N) is 1. The monoisotopic (exact) mass is 213 g/mol. The lowest BCUT2D eigenvalue weighted by Crippen LogP contribution is -2.42. The molecule has 0 spiro atoms. The van der Waals surface area contributed by atoms with Gasteiger partial charge in [-0.3, -0.25) is 9.69 Å². The average Bonchev–Trinajstić information content (AvgIpc) is 2.62. The largest absolute Gasteiger partial charge is 0.393 e. The van der Waals surface area contributed by atoms with Crippen LogP contribution in [-0.2, 0) is 4.79 Å². The Morgan fingerprint density at radius 2 is 2.33 bits per heavy atom. The van der Waals surface area contributed by atoms with Gasteiger partial charge in [0.15, 0.2) is 0 Å². The number of carbonyl (C=O) groups is 1. The van der Waals surface area contributed by atoms with Crippen LogP contribution in [0.25, 0.3) is 0 Å². The number of carbonyl (C=O) groups excluding carboxylic acids is 1. The number of β-amino-alcohol motifs (C(OH)–C–C–N with tert-alkyl or cyclic N) is 1. The minimum atomic E-state index is -0.930. The average molecular weight is 213 g/mol. The number of aliphatic hydroxyl groups is 2. The predicted molar refractivity (Wildman–Crippen MR) is 55.5 cm³/mol. The molecule has 86 valence electrons. The predicted octanol–water partition coefficient (Wildman–Crippen LogP) is -0.0728. The van der Waals surface area contributed by atoms with E-state index in [0.717, 1.165) is 19.4 Å². The first-order chi connectivity index (χ1) is 7.13. The summed E-state index contributed by atoms with van der Waals surface area (Å²) in [5.41, 5.74) is -0.930. The number of rotatable bonds is 2. The maximum absolute atomic E-state index is 11.3. The van der Waals surface area contributed by atoms with Gasteiger partial charge in [-0.1, -0.05) is 0 Å². The van der Waals surface area contributed by atoms with Crippen molar-refractivity contribution in [2.24, 2.45) is 0 Å². The number of hydrogen-bond donors (Lipinski definition) is 2. The molecule has 0 bridgehead atoms. The molecule has 15 heavy (non-hydrogen) atoms. The van der Waals surface area contributed by atoms with Crippen LogP contribution in [0.5, 0.6) is 0 Å². The zero-order chi connectivity index (χ0) is 10.9. The molecule has 1 aliphatic carbocycles. The molecule has 0 amide bonds. The van der Waals surface area contributed by atoms with Crippen molar-refractivity contribution >= 4 is 5.78 Å². The molecule has 4 nitrogen and oxygen atoms in total.